The number of halogens is 4. The lowest BCUT2D eigenvalue weighted by atomic mass is 10.1. The summed E-state index contributed by atoms with van der Waals surface area (Å²) in [5, 5.41) is 3.81. The van der Waals surface area contributed by atoms with E-state index in [1.165, 1.54) is 29.2 Å². The molecule has 9 heteroatoms. The van der Waals surface area contributed by atoms with Gasteiger partial charge in [0.05, 0.1) is 60.1 Å². The summed E-state index contributed by atoms with van der Waals surface area (Å²) in [4.78, 5) is 28.9. The Labute approximate surface area is 183 Å². The van der Waals surface area contributed by atoms with Gasteiger partial charge in [-0.25, -0.2) is 0 Å². The number of nitrogens with zero attached hydrogens (tertiary/aromatic N) is 1. The van der Waals surface area contributed by atoms with Gasteiger partial charge in [0.25, 0.3) is 11.8 Å². The summed E-state index contributed by atoms with van der Waals surface area (Å²) in [6.45, 7) is 2.93. The zero-order chi connectivity index (χ0) is 20.4. The maximum atomic E-state index is 13.1. The van der Waals surface area contributed by atoms with Crippen LogP contribution in [0.5, 0.6) is 0 Å². The summed E-state index contributed by atoms with van der Waals surface area (Å²) < 4.78 is 0. The molecule has 1 aliphatic heterocycles. The van der Waals surface area contributed by atoms with Crippen molar-refractivity contribution in [3.63, 3.8) is 0 Å². The van der Waals surface area contributed by atoms with Gasteiger partial charge in [-0.15, -0.1) is 0 Å². The first-order valence-corrected chi connectivity index (χ1v) is 10.1. The number of likely N-dealkylation sites (N-methyl/N-ethyl adjacent to an activating group) is 1. The summed E-state index contributed by atoms with van der Waals surface area (Å²) in [5.74, 6) is -0.725. The fourth-order valence-electron chi connectivity index (χ4n) is 2.99. The molecule has 0 spiro atoms. The number of nitrogens with one attached hydrogen (secondary N) is 2. The third-order valence-electron chi connectivity index (χ3n) is 4.60. The van der Waals surface area contributed by atoms with Crippen LogP contribution in [-0.2, 0) is 0 Å². The molecule has 0 aromatic heterocycles. The third-order valence-corrected chi connectivity index (χ3v) is 5.67. The van der Waals surface area contributed by atoms with Gasteiger partial charge in [-0.2, -0.15) is 0 Å². The number of quaternary nitrogens is 1. The Balaban J connectivity index is 1.92. The van der Waals surface area contributed by atoms with Crippen molar-refractivity contribution in [2.45, 2.75) is 0 Å². The van der Waals surface area contributed by atoms with E-state index in [0.717, 1.165) is 13.1 Å². The highest BCUT2D eigenvalue weighted by Crippen LogP contribution is 2.32. The summed E-state index contributed by atoms with van der Waals surface area (Å²) >= 11 is 24.4. The molecule has 5 nitrogen and oxygen atoms in total. The number of benzene rings is 2. The Kier molecular flexibility index (Phi) is 6.73. The van der Waals surface area contributed by atoms with Gasteiger partial charge in [-0.1, -0.05) is 46.4 Å². The fourth-order valence-corrected chi connectivity index (χ4v) is 4.02. The number of piperazine rings is 1. The van der Waals surface area contributed by atoms with E-state index in [9.17, 15) is 9.59 Å². The summed E-state index contributed by atoms with van der Waals surface area (Å²) in [6.07, 6.45) is 0. The van der Waals surface area contributed by atoms with Crippen molar-refractivity contribution in [2.75, 3.05) is 38.5 Å². The summed E-state index contributed by atoms with van der Waals surface area (Å²) in [7, 11) is 2.08. The predicted molar refractivity (Wildman–Crippen MR) is 113 cm³/mol. The molecule has 0 aliphatic carbocycles. The second-order valence-corrected chi connectivity index (χ2v) is 8.33. The smallest absolute Gasteiger partial charge is 0.257 e. The molecule has 2 aromatic carbocycles. The first-order valence-electron chi connectivity index (χ1n) is 8.62. The maximum Gasteiger partial charge on any atom is 0.257 e. The minimum Gasteiger partial charge on any atom is -0.334 e. The minimum absolute atomic E-state index is 0.175. The number of carbonyl (C=O) groups is 2. The molecule has 2 amide bonds. The second kappa shape index (κ2) is 8.89. The van der Waals surface area contributed by atoms with E-state index in [0.29, 0.717) is 23.1 Å². The molecule has 0 unspecified atom stereocenters. The molecule has 0 saturated carbocycles. The van der Waals surface area contributed by atoms with E-state index >= 15 is 0 Å². The first-order chi connectivity index (χ1) is 13.3. The molecule has 1 fully saturated rings. The Morgan fingerprint density at radius 3 is 2.21 bits per heavy atom. The molecular weight excluding hydrogens is 444 g/mol. The van der Waals surface area contributed by atoms with Crippen molar-refractivity contribution < 1.29 is 14.5 Å². The fraction of sp³-hybridized carbons (Fsp3) is 0.263. The van der Waals surface area contributed by atoms with Gasteiger partial charge in [-0.3, -0.25) is 9.59 Å². The average molecular weight is 462 g/mol. The summed E-state index contributed by atoms with van der Waals surface area (Å²) in [5.41, 5.74) is 0.674. The molecule has 28 heavy (non-hydrogen) atoms. The van der Waals surface area contributed by atoms with Gasteiger partial charge in [-0.05, 0) is 30.3 Å². The molecule has 148 valence electrons. The van der Waals surface area contributed by atoms with E-state index in [2.05, 4.69) is 12.4 Å². The Morgan fingerprint density at radius 1 is 0.929 bits per heavy atom. The predicted octanol–water partition coefficient (Wildman–Crippen LogP) is 3.52. The molecular formula is C19H18Cl4N3O2+. The molecule has 0 radical (unpaired) electrons. The minimum atomic E-state index is -0.497. The second-order valence-electron chi connectivity index (χ2n) is 6.64. The van der Waals surface area contributed by atoms with Crippen LogP contribution in [0.4, 0.5) is 5.69 Å². The van der Waals surface area contributed by atoms with Gasteiger partial charge in [0.2, 0.25) is 0 Å². The zero-order valence-electron chi connectivity index (χ0n) is 15.0. The van der Waals surface area contributed by atoms with E-state index in [-0.39, 0.29) is 32.8 Å². The lowest BCUT2D eigenvalue weighted by Gasteiger charge is -2.30. The summed E-state index contributed by atoms with van der Waals surface area (Å²) in [6, 6.07) is 7.53. The largest absolute Gasteiger partial charge is 0.334 e. The number of carbonyl (C=O) groups excluding carboxylic acids is 2. The molecule has 1 heterocycles. The van der Waals surface area contributed by atoms with Crippen molar-refractivity contribution in [3.8, 4) is 0 Å². The topological polar surface area (TPSA) is 53.9 Å². The number of rotatable bonds is 3. The van der Waals surface area contributed by atoms with Gasteiger partial charge < -0.3 is 15.1 Å². The van der Waals surface area contributed by atoms with Gasteiger partial charge >= 0.3 is 0 Å². The highest BCUT2D eigenvalue weighted by Gasteiger charge is 2.27. The van der Waals surface area contributed by atoms with E-state index in [1.807, 2.05) is 0 Å². The van der Waals surface area contributed by atoms with Crippen LogP contribution in [-0.4, -0.2) is 49.9 Å². The van der Waals surface area contributed by atoms with Crippen LogP contribution in [0, 0.1) is 0 Å². The molecule has 2 N–H and O–H groups in total. The molecule has 1 saturated heterocycles. The van der Waals surface area contributed by atoms with Gasteiger partial charge in [0.15, 0.2) is 0 Å². The van der Waals surface area contributed by atoms with Gasteiger partial charge in [0.1, 0.15) is 0 Å². The number of hydrogen-bond donors (Lipinski definition) is 2. The average Bonchev–Trinajstić information content (AvgIpc) is 2.63. The van der Waals surface area contributed by atoms with Crippen LogP contribution in [0.3, 0.4) is 0 Å². The van der Waals surface area contributed by atoms with Crippen LogP contribution < -0.4 is 10.2 Å². The van der Waals surface area contributed by atoms with E-state index in [1.54, 1.807) is 11.0 Å². The SMILES string of the molecule is C[NH+]1CCN(C(=O)c2cc(Cl)cc(Cl)c2NC(=O)c2ccc(Cl)cc2Cl)CC1. The van der Waals surface area contributed by atoms with Crippen molar-refractivity contribution >= 4 is 63.9 Å². The lowest BCUT2D eigenvalue weighted by Crippen LogP contribution is -3.12. The van der Waals surface area contributed by atoms with Crippen LogP contribution in [0.2, 0.25) is 20.1 Å². The maximum absolute atomic E-state index is 13.1. The van der Waals surface area contributed by atoms with Crippen LogP contribution in [0.25, 0.3) is 0 Å². The van der Waals surface area contributed by atoms with Crippen molar-refractivity contribution in [2.24, 2.45) is 0 Å². The standard InChI is InChI=1S/C19H17Cl4N3O2/c1-25-4-6-26(7-5-25)19(28)14-8-12(21)10-16(23)17(14)24-18(27)13-3-2-11(20)9-15(13)22/h2-3,8-10H,4-7H2,1H3,(H,24,27)/p+1. The molecule has 0 atom stereocenters. The zero-order valence-corrected chi connectivity index (χ0v) is 18.0. The Hall–Kier alpha value is -1.50. The monoisotopic (exact) mass is 460 g/mol. The lowest BCUT2D eigenvalue weighted by molar-refractivity contribution is -0.883. The normalized spacial score (nSPS) is 14.8. The van der Waals surface area contributed by atoms with Crippen molar-refractivity contribution in [3.05, 3.63) is 61.5 Å². The van der Waals surface area contributed by atoms with E-state index < -0.39 is 5.91 Å². The molecule has 0 bridgehead atoms. The number of amides is 2. The number of hydrogen-bond acceptors (Lipinski definition) is 2. The Bertz CT molecular complexity index is 928. The quantitative estimate of drug-likeness (QED) is 0.734. The van der Waals surface area contributed by atoms with Crippen LogP contribution in [0.15, 0.2) is 30.3 Å². The molecule has 1 aliphatic rings. The molecule has 3 rings (SSSR count). The number of anilines is 1. The third kappa shape index (κ3) is 4.73. The molecule has 2 aromatic rings. The van der Waals surface area contributed by atoms with E-state index in [4.69, 9.17) is 46.4 Å². The van der Waals surface area contributed by atoms with Gasteiger partial charge in [0, 0.05) is 10.0 Å². The van der Waals surface area contributed by atoms with Crippen LogP contribution >= 0.6 is 46.4 Å². The van der Waals surface area contributed by atoms with Crippen molar-refractivity contribution in [1.82, 2.24) is 4.90 Å². The van der Waals surface area contributed by atoms with Crippen LogP contribution in [0.1, 0.15) is 20.7 Å². The highest BCUT2D eigenvalue weighted by molar-refractivity contribution is 6.39. The first kappa shape index (κ1) is 21.2. The van der Waals surface area contributed by atoms with Crippen molar-refractivity contribution in [1.29, 1.82) is 0 Å². The highest BCUT2D eigenvalue weighted by atomic mass is 35.5. The Morgan fingerprint density at radius 2 is 1.57 bits per heavy atom.